The van der Waals surface area contributed by atoms with Gasteiger partial charge in [-0.25, -0.2) is 0 Å². The van der Waals surface area contributed by atoms with Gasteiger partial charge in [0.15, 0.2) is 0 Å². The molecule has 0 N–H and O–H groups in total. The lowest BCUT2D eigenvalue weighted by atomic mass is 8.18. The molecule has 101 radical (unpaired) electrons. The van der Waals surface area contributed by atoms with E-state index in [0.717, 1.165) is 28.4 Å². The summed E-state index contributed by atoms with van der Waals surface area (Å²) in [5.41, 5.74) is 9.93. The highest BCUT2D eigenvalue weighted by Crippen LogP contribution is 2.49. The molecule has 0 unspecified atom stereocenters. The maximum absolute atomic E-state index is 7.48. The van der Waals surface area contributed by atoms with Crippen molar-refractivity contribution in [3.8, 4) is 33.5 Å². The van der Waals surface area contributed by atoms with Crippen molar-refractivity contribution in [1.29, 1.82) is 0 Å². The van der Waals surface area contributed by atoms with Crippen LogP contribution in [0.1, 0.15) is 25.0 Å². The van der Waals surface area contributed by atoms with E-state index in [1.165, 1.54) is 27.8 Å². The number of benzene rings is 3. The molecule has 0 bridgehead atoms. The van der Waals surface area contributed by atoms with Crippen molar-refractivity contribution in [3.05, 3.63) is 101 Å². The molecule has 5 rings (SSSR count). The van der Waals surface area contributed by atoms with Crippen LogP contribution < -0.4 is 0 Å². The topological polar surface area (TPSA) is 12.9 Å². The second-order valence-electron chi connectivity index (χ2n) is 35.7. The predicted octanol–water partition coefficient (Wildman–Crippen LogP) is -30.2. The summed E-state index contributed by atoms with van der Waals surface area (Å²) in [6.07, 6.45) is -88.2. The van der Waals surface area contributed by atoms with Crippen LogP contribution in [0.3, 0.4) is 0 Å². The van der Waals surface area contributed by atoms with Gasteiger partial charge in [0.2, 0.25) is 0 Å². The van der Waals surface area contributed by atoms with Crippen LogP contribution in [0, 0.1) is 0 Å². The smallest absolute Gasteiger partial charge is 0.0702 e. The molecule has 433 valence electrons. The Balaban J connectivity index is 0.000000994. The van der Waals surface area contributed by atoms with E-state index < -0.39 is 306 Å². The second kappa shape index (κ2) is 55.5. The standard InChI is InChI=1S/C26H20BrN.B99/c1-26(2)22-9-5-3-8-20(22)21-13-11-17(15-23(21)26)25-14-12-18(16-28-25)19-7-4-6-10-24(19)27;1-51-76(50)89(77(52(2)3)53(4)5)95(88(74(46)47)75(48)49)98(94(86(70(38)39)71(40)41)87(72(42)43)73(44)45)99(96(90(78(54(6)7)55(8)9)79(56(10)11)57(12)13)91(80(58(14)15)59(16)17)81(60(18)19)61(20)21)97(92(82(62(22)23)63(24)25)83(64(26)27)65(28)29)93(84(66(30)31)67(32)33)85(68(34)35)69(36)37/h3-16H,1-2H3;. The summed E-state index contributed by atoms with van der Waals surface area (Å²) in [5, 5.41) is 0. The number of aromatic nitrogens is 1. The molecular formula is C26H20B99BrN. The van der Waals surface area contributed by atoms with Crippen LogP contribution in [0.5, 0.6) is 0 Å². The monoisotopic (exact) mass is 1510 g/mol. The Morgan fingerprint density at radius 1 is 0.220 bits per heavy atom. The Hall–Kier alpha value is 3.72. The molecule has 0 spiro atoms. The fourth-order valence-corrected chi connectivity index (χ4v) is 22.6. The summed E-state index contributed by atoms with van der Waals surface area (Å²) in [4.78, 5) is 4.77. The maximum Gasteiger partial charge on any atom is 0.0702 e. The minimum absolute atomic E-state index is 0.0107. The van der Waals surface area contributed by atoms with Crippen LogP contribution in [0.25, 0.3) is 33.5 Å². The molecule has 127 heavy (non-hydrogen) atoms. The first-order valence-electron chi connectivity index (χ1n) is 42.2. The maximum atomic E-state index is 7.48. The fraction of sp³-hybridized carbons (Fsp3) is 0.115. The molecule has 3 aromatic carbocycles. The predicted molar refractivity (Wildman–Crippen MR) is 690 cm³/mol. The molecule has 1 nitrogen and oxygen atoms in total. The van der Waals surface area contributed by atoms with Crippen LogP contribution >= 0.6 is 15.9 Å². The third-order valence-corrected chi connectivity index (χ3v) is 27.6. The van der Waals surface area contributed by atoms with Gasteiger partial charge < -0.3 is 0 Å². The highest BCUT2D eigenvalue weighted by Gasteiger charge is 2.69. The third-order valence-electron chi connectivity index (χ3n) is 26.9. The van der Waals surface area contributed by atoms with Crippen molar-refractivity contribution in [2.24, 2.45) is 0 Å². The number of hydrogen-bond acceptors (Lipinski definition) is 1. The summed E-state index contributed by atoms with van der Waals surface area (Å²) < 4.78 is 1.08. The molecule has 0 saturated heterocycles. The number of halogens is 1. The van der Waals surface area contributed by atoms with Crippen LogP contribution in [-0.2, 0) is 5.41 Å². The second-order valence-corrected chi connectivity index (χ2v) is 36.6. The number of rotatable bonds is 50. The minimum Gasteiger partial charge on any atom is -0.256 e. The van der Waals surface area contributed by atoms with E-state index in [1.54, 1.807) is 0 Å². The van der Waals surface area contributed by atoms with E-state index in [2.05, 4.69) is 96.5 Å². The Bertz CT molecular complexity index is 3410. The fourth-order valence-electron chi connectivity index (χ4n) is 22.1. The van der Waals surface area contributed by atoms with E-state index in [0.29, 0.717) is 0 Å². The summed E-state index contributed by atoms with van der Waals surface area (Å²) in [7, 11) is 356. The number of nitrogens with zero attached hydrogens (tertiary/aromatic N) is 1. The molecular weight excluding hydrogens is 1480 g/mol. The molecule has 1 aromatic heterocycles. The van der Waals surface area contributed by atoms with Crippen molar-refractivity contribution in [3.63, 3.8) is 0 Å². The van der Waals surface area contributed by atoms with E-state index >= 15 is 0 Å². The minimum atomic E-state index is -2.29. The zero-order valence-electron chi connectivity index (χ0n) is 73.1. The molecule has 0 fully saturated rings. The van der Waals surface area contributed by atoms with Crippen LogP contribution in [0.4, 0.5) is 0 Å². The van der Waals surface area contributed by atoms with Gasteiger partial charge in [0.1, 0.15) is 0 Å². The van der Waals surface area contributed by atoms with Crippen molar-refractivity contribution in [2.75, 3.05) is 0 Å². The summed E-state index contributed by atoms with van der Waals surface area (Å²) >= 11 is 3.63. The Kier molecular flexibility index (Phi) is 53.8. The van der Waals surface area contributed by atoms with Gasteiger partial charge in [0, 0.05) is 728 Å². The molecule has 1 heterocycles. The normalized spacial score (nSPS) is 10.7. The molecule has 1 aliphatic rings. The highest BCUT2D eigenvalue weighted by molar-refractivity contribution is 9.10. The number of pyridine rings is 1. The molecule has 0 atom stereocenters. The first-order valence-corrected chi connectivity index (χ1v) is 43.0. The van der Waals surface area contributed by atoms with Gasteiger partial charge >= 0.3 is 0 Å². The van der Waals surface area contributed by atoms with Crippen molar-refractivity contribution < 1.29 is 0 Å². The lowest BCUT2D eigenvalue weighted by Crippen LogP contribution is -3.01. The van der Waals surface area contributed by atoms with Gasteiger partial charge in [0.05, 0.1) is 5.69 Å². The van der Waals surface area contributed by atoms with Gasteiger partial charge in [-0.05, 0) is 46.0 Å². The van der Waals surface area contributed by atoms with Gasteiger partial charge in [-0.1, -0.05) is 90.4 Å². The quantitative estimate of drug-likeness (QED) is 0.0402. The molecule has 0 saturated carbocycles. The van der Waals surface area contributed by atoms with Crippen LogP contribution in [0.2, 0.25) is 0 Å². The number of fused-ring (bicyclic) bond motifs is 3. The molecule has 101 heteroatoms. The Labute approximate surface area is 865 Å². The average molecular weight is 1500 g/mol. The van der Waals surface area contributed by atoms with Crippen molar-refractivity contribution in [1.82, 2.24) is 4.98 Å². The van der Waals surface area contributed by atoms with Gasteiger partial charge in [-0.3, -0.25) is 4.98 Å². The molecule has 1 aliphatic carbocycles. The van der Waals surface area contributed by atoms with Crippen LogP contribution in [-0.4, -0.2) is 705 Å². The van der Waals surface area contributed by atoms with Crippen LogP contribution in [0.15, 0.2) is 89.5 Å². The Morgan fingerprint density at radius 3 is 0.638 bits per heavy atom. The molecule has 0 aliphatic heterocycles. The summed E-state index contributed by atoms with van der Waals surface area (Å²) in [5.74, 6) is 0. The molecule has 4 aromatic rings. The molecule has 0 amide bonds. The van der Waals surface area contributed by atoms with Gasteiger partial charge in [0.25, 0.3) is 0 Å². The van der Waals surface area contributed by atoms with E-state index in [-0.39, 0.29) is 5.41 Å². The highest BCUT2D eigenvalue weighted by atomic mass is 79.9. The third kappa shape index (κ3) is 30.7. The number of hydrogen-bond donors (Lipinski definition) is 0. The lowest BCUT2D eigenvalue weighted by molar-refractivity contribution is 0.660. The van der Waals surface area contributed by atoms with E-state index in [9.17, 15) is 0 Å². The Morgan fingerprint density at radius 2 is 0.417 bits per heavy atom. The zero-order chi connectivity index (χ0) is 97.7. The van der Waals surface area contributed by atoms with E-state index in [1.807, 2.05) is 18.3 Å². The van der Waals surface area contributed by atoms with Crippen molar-refractivity contribution in [2.45, 2.75) is 19.3 Å². The summed E-state index contributed by atoms with van der Waals surface area (Å²) in [6, 6.07) is 28.0. The lowest BCUT2D eigenvalue weighted by Gasteiger charge is -2.63. The average Bonchev–Trinajstić information content (AvgIpc) is 1.45. The van der Waals surface area contributed by atoms with Gasteiger partial charge in [-0.15, -0.1) is 0 Å². The van der Waals surface area contributed by atoms with Gasteiger partial charge in [-0.2, -0.15) is 0 Å². The first kappa shape index (κ1) is 123. The van der Waals surface area contributed by atoms with Crippen molar-refractivity contribution >= 4 is 716 Å². The SMILES string of the molecule is CC1(C)c2ccccc2-c2ccc(-c3ccc(-c4ccccc4Br)cn3)cc21.[B][B]B([B])B(B(B([B])[B])B([B])[B])B(B(B([B])[B])B([B])[B])B(B(B(B([B])[B])B([B])[B])B(B([B])[B])B([B])[B])B(B(B(B(B([B])[B])B([B])[B])B(B([B])[B])B([B])[B])B(B(B([B])[B])B([B])[B])B(B([B])[B])B([B])[B])B(B(B(B([B])[B])B([B])[B])B(B([B])[B])B([B])[B])B(B(B([B])[B])B([B])[B])B(B([B])[B])B([B])[B]. The largest absolute Gasteiger partial charge is 0.256 e. The zero-order valence-corrected chi connectivity index (χ0v) is 74.7. The first-order chi connectivity index (χ1) is 58.6. The summed E-state index contributed by atoms with van der Waals surface area (Å²) in [6.45, 7) is 4.62. The van der Waals surface area contributed by atoms with E-state index in [4.69, 9.17) is 392 Å².